The fourth-order valence-corrected chi connectivity index (χ4v) is 3.90. The molecule has 1 saturated heterocycles. The third kappa shape index (κ3) is 4.92. The molecule has 0 radical (unpaired) electrons. The smallest absolute Gasteiger partial charge is 0.272 e. The van der Waals surface area contributed by atoms with Crippen molar-refractivity contribution in [1.82, 2.24) is 20.4 Å². The summed E-state index contributed by atoms with van der Waals surface area (Å²) in [6.45, 7) is 3.42. The van der Waals surface area contributed by atoms with Gasteiger partial charge >= 0.3 is 0 Å². The molecule has 162 valence electrons. The Morgan fingerprint density at radius 2 is 1.87 bits per heavy atom. The first-order valence-electron chi connectivity index (χ1n) is 10.3. The molecule has 1 aliphatic heterocycles. The SMILES string of the molecule is COc1ccc([C@H](CNC(=O)Cc2n[nH]c(=O)c3ccccc23)N2CCOCC2)cc1. The second-order valence-electron chi connectivity index (χ2n) is 7.46. The second-order valence-corrected chi connectivity index (χ2v) is 7.46. The number of amides is 1. The van der Waals surface area contributed by atoms with Gasteiger partial charge in [-0.15, -0.1) is 0 Å². The van der Waals surface area contributed by atoms with Gasteiger partial charge in [0.15, 0.2) is 0 Å². The molecule has 4 rings (SSSR count). The van der Waals surface area contributed by atoms with Crippen molar-refractivity contribution in [3.63, 3.8) is 0 Å². The van der Waals surface area contributed by atoms with Crippen LogP contribution in [0, 0.1) is 0 Å². The normalized spacial score (nSPS) is 15.5. The molecule has 0 bridgehead atoms. The molecule has 0 spiro atoms. The lowest BCUT2D eigenvalue weighted by molar-refractivity contribution is -0.120. The van der Waals surface area contributed by atoms with Crippen LogP contribution in [0.15, 0.2) is 53.3 Å². The Kier molecular flexibility index (Phi) is 6.59. The molecule has 8 nitrogen and oxygen atoms in total. The first-order valence-corrected chi connectivity index (χ1v) is 10.3. The molecule has 31 heavy (non-hydrogen) atoms. The van der Waals surface area contributed by atoms with Gasteiger partial charge < -0.3 is 14.8 Å². The number of carbonyl (C=O) groups is 1. The first kappa shape index (κ1) is 21.0. The van der Waals surface area contributed by atoms with Gasteiger partial charge in [0, 0.05) is 25.0 Å². The van der Waals surface area contributed by atoms with Gasteiger partial charge in [0.25, 0.3) is 5.56 Å². The number of fused-ring (bicyclic) bond motifs is 1. The van der Waals surface area contributed by atoms with E-state index in [1.165, 1.54) is 0 Å². The van der Waals surface area contributed by atoms with E-state index in [4.69, 9.17) is 9.47 Å². The van der Waals surface area contributed by atoms with Crippen molar-refractivity contribution in [3.05, 3.63) is 70.1 Å². The second kappa shape index (κ2) is 9.72. The minimum Gasteiger partial charge on any atom is -0.497 e. The zero-order chi connectivity index (χ0) is 21.6. The molecule has 8 heteroatoms. The predicted molar refractivity (Wildman–Crippen MR) is 117 cm³/mol. The summed E-state index contributed by atoms with van der Waals surface area (Å²) in [5.41, 5.74) is 1.40. The predicted octanol–water partition coefficient (Wildman–Crippen LogP) is 1.66. The zero-order valence-corrected chi connectivity index (χ0v) is 17.5. The number of hydrogen-bond acceptors (Lipinski definition) is 6. The van der Waals surface area contributed by atoms with Crippen LogP contribution in [0.25, 0.3) is 10.8 Å². The van der Waals surface area contributed by atoms with E-state index in [1.54, 1.807) is 19.2 Å². The van der Waals surface area contributed by atoms with Crippen LogP contribution < -0.4 is 15.6 Å². The molecule has 0 saturated carbocycles. The lowest BCUT2D eigenvalue weighted by Crippen LogP contribution is -2.44. The van der Waals surface area contributed by atoms with E-state index in [0.717, 1.165) is 24.4 Å². The van der Waals surface area contributed by atoms with Gasteiger partial charge in [0.1, 0.15) is 5.75 Å². The number of methoxy groups -OCH3 is 1. The minimum atomic E-state index is -0.258. The highest BCUT2D eigenvalue weighted by atomic mass is 16.5. The van der Waals surface area contributed by atoms with Crippen LogP contribution in [0.3, 0.4) is 0 Å². The molecule has 1 amide bonds. The van der Waals surface area contributed by atoms with Crippen molar-refractivity contribution in [1.29, 1.82) is 0 Å². The molecule has 3 aromatic rings. The maximum absolute atomic E-state index is 12.8. The van der Waals surface area contributed by atoms with Gasteiger partial charge in [0.05, 0.1) is 43.9 Å². The van der Waals surface area contributed by atoms with E-state index in [0.29, 0.717) is 36.2 Å². The number of nitrogens with one attached hydrogen (secondary N) is 2. The topological polar surface area (TPSA) is 96.5 Å². The number of aromatic nitrogens is 2. The maximum Gasteiger partial charge on any atom is 0.272 e. The number of aromatic amines is 1. The monoisotopic (exact) mass is 422 g/mol. The Bertz CT molecular complexity index is 1090. The number of morpholine rings is 1. The minimum absolute atomic E-state index is 0.0269. The van der Waals surface area contributed by atoms with Crippen LogP contribution in [0.1, 0.15) is 17.3 Å². The van der Waals surface area contributed by atoms with Gasteiger partial charge in [-0.05, 0) is 23.8 Å². The van der Waals surface area contributed by atoms with E-state index >= 15 is 0 Å². The largest absolute Gasteiger partial charge is 0.497 e. The third-order valence-corrected chi connectivity index (χ3v) is 5.58. The van der Waals surface area contributed by atoms with Gasteiger partial charge in [-0.2, -0.15) is 5.10 Å². The van der Waals surface area contributed by atoms with Gasteiger partial charge in [-0.25, -0.2) is 5.10 Å². The highest BCUT2D eigenvalue weighted by molar-refractivity contribution is 5.88. The summed E-state index contributed by atoms with van der Waals surface area (Å²) in [5.74, 6) is 0.654. The van der Waals surface area contributed by atoms with Crippen molar-refractivity contribution >= 4 is 16.7 Å². The van der Waals surface area contributed by atoms with E-state index in [2.05, 4.69) is 20.4 Å². The molecule has 1 atom stereocenters. The maximum atomic E-state index is 12.8. The molecular formula is C23H26N4O4. The van der Waals surface area contributed by atoms with Crippen molar-refractivity contribution in [2.45, 2.75) is 12.5 Å². The first-order chi connectivity index (χ1) is 15.2. The number of carbonyl (C=O) groups excluding carboxylic acids is 1. The number of nitrogens with zero attached hydrogens (tertiary/aromatic N) is 2. The summed E-state index contributed by atoms with van der Waals surface area (Å²) in [6.07, 6.45) is 0.0930. The summed E-state index contributed by atoms with van der Waals surface area (Å²) < 4.78 is 10.8. The van der Waals surface area contributed by atoms with Crippen molar-refractivity contribution in [3.8, 4) is 5.75 Å². The van der Waals surface area contributed by atoms with Crippen LogP contribution in [-0.2, 0) is 16.0 Å². The molecule has 1 aliphatic rings. The number of ether oxygens (including phenoxy) is 2. The highest BCUT2D eigenvalue weighted by Gasteiger charge is 2.23. The van der Waals surface area contributed by atoms with Crippen molar-refractivity contribution in [2.24, 2.45) is 0 Å². The molecule has 1 aromatic heterocycles. The molecule has 1 fully saturated rings. The molecule has 2 N–H and O–H groups in total. The molecule has 2 heterocycles. The average molecular weight is 422 g/mol. The summed E-state index contributed by atoms with van der Waals surface area (Å²) in [5, 5.41) is 10.9. The standard InChI is InChI=1S/C23H26N4O4/c1-30-17-8-6-16(7-9-17)21(27-10-12-31-13-11-27)15-24-22(28)14-20-18-4-2-3-5-19(18)23(29)26-25-20/h2-9,21H,10-15H2,1H3,(H,24,28)(H,26,29)/t21-/m0/s1. The lowest BCUT2D eigenvalue weighted by Gasteiger charge is -2.35. The molecule has 2 aromatic carbocycles. The molecular weight excluding hydrogens is 396 g/mol. The van der Waals surface area contributed by atoms with Crippen LogP contribution in [0.2, 0.25) is 0 Å². The Morgan fingerprint density at radius 1 is 1.16 bits per heavy atom. The van der Waals surface area contributed by atoms with E-state index < -0.39 is 0 Å². The van der Waals surface area contributed by atoms with Crippen LogP contribution in [0.5, 0.6) is 5.75 Å². The van der Waals surface area contributed by atoms with Gasteiger partial charge in [0.2, 0.25) is 5.91 Å². The fourth-order valence-electron chi connectivity index (χ4n) is 3.90. The summed E-state index contributed by atoms with van der Waals surface area (Å²) in [7, 11) is 1.64. The zero-order valence-electron chi connectivity index (χ0n) is 17.5. The fraction of sp³-hybridized carbons (Fsp3) is 0.348. The summed E-state index contributed by atoms with van der Waals surface area (Å²) >= 11 is 0. The quantitative estimate of drug-likeness (QED) is 0.601. The number of hydrogen-bond donors (Lipinski definition) is 2. The summed E-state index contributed by atoms with van der Waals surface area (Å²) in [4.78, 5) is 27.0. The van der Waals surface area contributed by atoms with Crippen LogP contribution in [-0.4, -0.2) is 61.0 Å². The number of rotatable bonds is 7. The van der Waals surface area contributed by atoms with Crippen LogP contribution >= 0.6 is 0 Å². The van der Waals surface area contributed by atoms with Crippen LogP contribution in [0.4, 0.5) is 0 Å². The molecule has 0 aliphatic carbocycles. The van der Waals surface area contributed by atoms with Crippen molar-refractivity contribution < 1.29 is 14.3 Å². The summed E-state index contributed by atoms with van der Waals surface area (Å²) in [6, 6.07) is 15.1. The van der Waals surface area contributed by atoms with E-state index in [1.807, 2.05) is 36.4 Å². The number of benzene rings is 2. The third-order valence-electron chi connectivity index (χ3n) is 5.58. The molecule has 0 unspecified atom stereocenters. The Labute approximate surface area is 180 Å². The van der Waals surface area contributed by atoms with E-state index in [9.17, 15) is 9.59 Å². The Balaban J connectivity index is 1.48. The Morgan fingerprint density at radius 3 is 2.58 bits per heavy atom. The van der Waals surface area contributed by atoms with Gasteiger partial charge in [-0.1, -0.05) is 30.3 Å². The average Bonchev–Trinajstić information content (AvgIpc) is 2.82. The highest BCUT2D eigenvalue weighted by Crippen LogP contribution is 2.24. The number of H-pyrrole nitrogens is 1. The van der Waals surface area contributed by atoms with Gasteiger partial charge in [-0.3, -0.25) is 14.5 Å². The Hall–Kier alpha value is -3.23. The lowest BCUT2D eigenvalue weighted by atomic mass is 10.0. The van der Waals surface area contributed by atoms with E-state index in [-0.39, 0.29) is 23.9 Å². The van der Waals surface area contributed by atoms with Crippen molar-refractivity contribution in [2.75, 3.05) is 40.0 Å².